The van der Waals surface area contributed by atoms with Crippen LogP contribution in [-0.2, 0) is 17.8 Å². The highest BCUT2D eigenvalue weighted by Gasteiger charge is 2.13. The molecule has 0 radical (unpaired) electrons. The molecule has 0 aliphatic heterocycles. The third-order valence-corrected chi connectivity index (χ3v) is 4.09. The van der Waals surface area contributed by atoms with Crippen molar-refractivity contribution in [2.75, 3.05) is 0 Å². The first-order valence-electron chi connectivity index (χ1n) is 8.04. The second-order valence-electron chi connectivity index (χ2n) is 5.89. The maximum absolute atomic E-state index is 12.1. The van der Waals surface area contributed by atoms with Crippen LogP contribution in [0.1, 0.15) is 34.8 Å². The Morgan fingerprint density at radius 3 is 2.62 bits per heavy atom. The molecule has 0 saturated heterocycles. The molecular formula is C18H21N5O. The van der Waals surface area contributed by atoms with E-state index in [0.29, 0.717) is 31.0 Å². The van der Waals surface area contributed by atoms with Gasteiger partial charge in [0.2, 0.25) is 5.91 Å². The SMILES string of the molecule is Cc1nc2nc(C)c(CCC(=O)NCc3ccccc3)c(C)n2n1. The number of carbonyl (C=O) groups is 1. The average Bonchev–Trinajstić information content (AvgIpc) is 2.94. The summed E-state index contributed by atoms with van der Waals surface area (Å²) in [5, 5.41) is 7.32. The molecule has 6 heteroatoms. The molecule has 0 aliphatic rings. The van der Waals surface area contributed by atoms with E-state index in [4.69, 9.17) is 0 Å². The van der Waals surface area contributed by atoms with Crippen LogP contribution >= 0.6 is 0 Å². The van der Waals surface area contributed by atoms with E-state index in [1.165, 1.54) is 0 Å². The highest BCUT2D eigenvalue weighted by molar-refractivity contribution is 5.76. The number of aromatic nitrogens is 4. The van der Waals surface area contributed by atoms with Gasteiger partial charge >= 0.3 is 0 Å². The fraction of sp³-hybridized carbons (Fsp3) is 0.333. The van der Waals surface area contributed by atoms with Gasteiger partial charge in [0.15, 0.2) is 0 Å². The number of benzene rings is 1. The summed E-state index contributed by atoms with van der Waals surface area (Å²) in [4.78, 5) is 20.9. The normalized spacial score (nSPS) is 11.0. The van der Waals surface area contributed by atoms with E-state index >= 15 is 0 Å². The number of hydrogen-bond donors (Lipinski definition) is 1. The van der Waals surface area contributed by atoms with Crippen LogP contribution in [0.25, 0.3) is 5.78 Å². The number of rotatable bonds is 5. The molecule has 3 aromatic rings. The number of nitrogens with one attached hydrogen (secondary N) is 1. The summed E-state index contributed by atoms with van der Waals surface area (Å²) in [6.07, 6.45) is 1.06. The molecule has 0 saturated carbocycles. The smallest absolute Gasteiger partial charge is 0.252 e. The van der Waals surface area contributed by atoms with Gasteiger partial charge in [-0.25, -0.2) is 9.50 Å². The summed E-state index contributed by atoms with van der Waals surface area (Å²) in [6, 6.07) is 9.90. The molecule has 1 aromatic carbocycles. The zero-order chi connectivity index (χ0) is 17.1. The van der Waals surface area contributed by atoms with Gasteiger partial charge in [0, 0.05) is 24.4 Å². The third kappa shape index (κ3) is 3.42. The van der Waals surface area contributed by atoms with Gasteiger partial charge in [-0.15, -0.1) is 0 Å². The number of nitrogens with zero attached hydrogens (tertiary/aromatic N) is 4. The maximum atomic E-state index is 12.1. The first kappa shape index (κ1) is 16.1. The van der Waals surface area contributed by atoms with E-state index in [1.54, 1.807) is 4.52 Å². The number of fused-ring (bicyclic) bond motifs is 1. The van der Waals surface area contributed by atoms with Crippen LogP contribution in [0, 0.1) is 20.8 Å². The summed E-state index contributed by atoms with van der Waals surface area (Å²) in [5.74, 6) is 1.34. The topological polar surface area (TPSA) is 72.2 Å². The Morgan fingerprint density at radius 2 is 1.88 bits per heavy atom. The van der Waals surface area contributed by atoms with E-state index in [2.05, 4.69) is 20.4 Å². The van der Waals surface area contributed by atoms with Crippen molar-refractivity contribution >= 4 is 11.7 Å². The molecular weight excluding hydrogens is 302 g/mol. The monoisotopic (exact) mass is 323 g/mol. The molecule has 0 atom stereocenters. The van der Waals surface area contributed by atoms with E-state index < -0.39 is 0 Å². The minimum atomic E-state index is 0.0347. The molecule has 2 aromatic heterocycles. The molecule has 0 fully saturated rings. The van der Waals surface area contributed by atoms with Gasteiger partial charge in [0.1, 0.15) is 5.82 Å². The van der Waals surface area contributed by atoms with Crippen LogP contribution < -0.4 is 5.32 Å². The van der Waals surface area contributed by atoms with E-state index in [1.807, 2.05) is 51.1 Å². The highest BCUT2D eigenvalue weighted by atomic mass is 16.1. The van der Waals surface area contributed by atoms with Crippen LogP contribution in [0.3, 0.4) is 0 Å². The quantitative estimate of drug-likeness (QED) is 0.782. The van der Waals surface area contributed by atoms with Gasteiger partial charge in [-0.05, 0) is 38.3 Å². The van der Waals surface area contributed by atoms with Crippen molar-refractivity contribution in [3.63, 3.8) is 0 Å². The largest absolute Gasteiger partial charge is 0.352 e. The summed E-state index contributed by atoms with van der Waals surface area (Å²) >= 11 is 0. The maximum Gasteiger partial charge on any atom is 0.252 e. The van der Waals surface area contributed by atoms with Gasteiger partial charge in [0.05, 0.1) is 0 Å². The minimum absolute atomic E-state index is 0.0347. The van der Waals surface area contributed by atoms with Crippen molar-refractivity contribution in [1.29, 1.82) is 0 Å². The van der Waals surface area contributed by atoms with Crippen LogP contribution in [0.4, 0.5) is 0 Å². The van der Waals surface area contributed by atoms with Gasteiger partial charge in [-0.1, -0.05) is 30.3 Å². The van der Waals surface area contributed by atoms with Gasteiger partial charge in [0.25, 0.3) is 5.78 Å². The molecule has 0 spiro atoms. The second kappa shape index (κ2) is 6.78. The Kier molecular flexibility index (Phi) is 4.55. The first-order chi connectivity index (χ1) is 11.5. The molecule has 124 valence electrons. The molecule has 24 heavy (non-hydrogen) atoms. The number of amides is 1. The summed E-state index contributed by atoms with van der Waals surface area (Å²) in [5.41, 5.74) is 4.05. The summed E-state index contributed by atoms with van der Waals surface area (Å²) in [6.45, 7) is 6.35. The molecule has 0 aliphatic carbocycles. The van der Waals surface area contributed by atoms with Crippen LogP contribution in [0.5, 0.6) is 0 Å². The molecule has 6 nitrogen and oxygen atoms in total. The van der Waals surface area contributed by atoms with Crippen molar-refractivity contribution in [1.82, 2.24) is 24.9 Å². The lowest BCUT2D eigenvalue weighted by Gasteiger charge is -2.10. The lowest BCUT2D eigenvalue weighted by atomic mass is 10.1. The van der Waals surface area contributed by atoms with Crippen LogP contribution in [0.15, 0.2) is 30.3 Å². The average molecular weight is 323 g/mol. The zero-order valence-electron chi connectivity index (χ0n) is 14.2. The Labute approximate surface area is 141 Å². The summed E-state index contributed by atoms with van der Waals surface area (Å²) in [7, 11) is 0. The van der Waals surface area contributed by atoms with Crippen molar-refractivity contribution < 1.29 is 4.79 Å². The zero-order valence-corrected chi connectivity index (χ0v) is 14.2. The van der Waals surface area contributed by atoms with E-state index in [-0.39, 0.29) is 5.91 Å². The highest BCUT2D eigenvalue weighted by Crippen LogP contribution is 2.15. The van der Waals surface area contributed by atoms with E-state index in [0.717, 1.165) is 22.5 Å². The lowest BCUT2D eigenvalue weighted by molar-refractivity contribution is -0.121. The van der Waals surface area contributed by atoms with Crippen molar-refractivity contribution in [2.24, 2.45) is 0 Å². The number of aryl methyl sites for hydroxylation is 3. The molecule has 0 unspecified atom stereocenters. The van der Waals surface area contributed by atoms with Crippen molar-refractivity contribution in [3.8, 4) is 0 Å². The lowest BCUT2D eigenvalue weighted by Crippen LogP contribution is -2.23. The van der Waals surface area contributed by atoms with Gasteiger partial charge < -0.3 is 5.32 Å². The molecule has 0 bridgehead atoms. The molecule has 3 rings (SSSR count). The Morgan fingerprint density at radius 1 is 1.12 bits per heavy atom. The standard InChI is InChI=1S/C18H21N5O/c1-12-16(13(2)23-18(20-12)21-14(3)22-23)9-10-17(24)19-11-15-7-5-4-6-8-15/h4-8H,9-11H2,1-3H3,(H,19,24). The number of hydrogen-bond acceptors (Lipinski definition) is 4. The summed E-state index contributed by atoms with van der Waals surface area (Å²) < 4.78 is 1.75. The number of carbonyl (C=O) groups excluding carboxylic acids is 1. The van der Waals surface area contributed by atoms with Gasteiger partial charge in [-0.2, -0.15) is 10.1 Å². The minimum Gasteiger partial charge on any atom is -0.352 e. The predicted molar refractivity (Wildman–Crippen MR) is 91.6 cm³/mol. The third-order valence-electron chi connectivity index (χ3n) is 4.09. The molecule has 1 amide bonds. The van der Waals surface area contributed by atoms with E-state index in [9.17, 15) is 4.79 Å². The fourth-order valence-corrected chi connectivity index (χ4v) is 2.79. The fourth-order valence-electron chi connectivity index (χ4n) is 2.79. The van der Waals surface area contributed by atoms with Crippen molar-refractivity contribution in [3.05, 3.63) is 58.7 Å². The molecule has 2 heterocycles. The van der Waals surface area contributed by atoms with Crippen LogP contribution in [0.2, 0.25) is 0 Å². The molecule has 1 N–H and O–H groups in total. The Bertz CT molecular complexity index is 870. The van der Waals surface area contributed by atoms with Gasteiger partial charge in [-0.3, -0.25) is 4.79 Å². The van der Waals surface area contributed by atoms with Crippen molar-refractivity contribution in [2.45, 2.75) is 40.2 Å². The second-order valence-corrected chi connectivity index (χ2v) is 5.89. The predicted octanol–water partition coefficient (Wildman–Crippen LogP) is 2.30. The van der Waals surface area contributed by atoms with Crippen LogP contribution in [-0.4, -0.2) is 25.5 Å². The Hall–Kier alpha value is -2.76. The first-order valence-corrected chi connectivity index (χ1v) is 8.04. The Balaban J connectivity index is 1.65.